The number of anilines is 1. The molecule has 1 aliphatic carbocycles. The molecule has 2 aromatic heterocycles. The number of carbonyl (C=O) groups is 2. The van der Waals surface area contributed by atoms with Crippen molar-refractivity contribution in [2.24, 2.45) is 0 Å². The number of aryl methyl sites for hydroxylation is 1. The molecule has 2 amide bonds. The Hall–Kier alpha value is -3.22. The third-order valence-corrected chi connectivity index (χ3v) is 4.69. The molecule has 27 heavy (non-hydrogen) atoms. The number of pyridine rings is 1. The highest BCUT2D eigenvalue weighted by Gasteiger charge is 2.24. The SMILES string of the molecule is CCC(=O)Nc1n[nH]c2nc(-c3cc(C(=O)NC4CC4)ccc3C)ccc12. The lowest BCUT2D eigenvalue weighted by molar-refractivity contribution is -0.115. The zero-order valence-corrected chi connectivity index (χ0v) is 15.3. The van der Waals surface area contributed by atoms with Crippen LogP contribution >= 0.6 is 0 Å². The molecule has 2 heterocycles. The molecule has 0 saturated heterocycles. The van der Waals surface area contributed by atoms with Crippen molar-refractivity contribution < 1.29 is 9.59 Å². The third-order valence-electron chi connectivity index (χ3n) is 4.69. The van der Waals surface area contributed by atoms with Crippen LogP contribution in [-0.4, -0.2) is 33.0 Å². The highest BCUT2D eigenvalue weighted by Crippen LogP contribution is 2.27. The van der Waals surface area contributed by atoms with Crippen molar-refractivity contribution in [3.05, 3.63) is 41.5 Å². The first-order chi connectivity index (χ1) is 13.0. The Morgan fingerprint density at radius 1 is 1.22 bits per heavy atom. The molecule has 4 rings (SSSR count). The lowest BCUT2D eigenvalue weighted by Gasteiger charge is -2.09. The first kappa shape index (κ1) is 17.2. The summed E-state index contributed by atoms with van der Waals surface area (Å²) in [4.78, 5) is 28.6. The molecule has 1 aromatic carbocycles. The second-order valence-corrected chi connectivity index (χ2v) is 6.84. The molecule has 7 heteroatoms. The van der Waals surface area contributed by atoms with Gasteiger partial charge in [-0.2, -0.15) is 5.10 Å². The molecule has 7 nitrogen and oxygen atoms in total. The molecule has 1 saturated carbocycles. The van der Waals surface area contributed by atoms with Crippen molar-refractivity contribution in [1.29, 1.82) is 0 Å². The highest BCUT2D eigenvalue weighted by molar-refractivity contribution is 5.99. The minimum absolute atomic E-state index is 0.0501. The van der Waals surface area contributed by atoms with Crippen LogP contribution in [0.25, 0.3) is 22.3 Å². The molecule has 0 radical (unpaired) electrons. The first-order valence-corrected chi connectivity index (χ1v) is 9.12. The lowest BCUT2D eigenvalue weighted by atomic mass is 10.0. The van der Waals surface area contributed by atoms with Crippen LogP contribution in [0, 0.1) is 6.92 Å². The van der Waals surface area contributed by atoms with E-state index in [0.29, 0.717) is 29.5 Å². The molecule has 1 fully saturated rings. The molecule has 0 aliphatic heterocycles. The van der Waals surface area contributed by atoms with E-state index in [1.54, 1.807) is 6.92 Å². The summed E-state index contributed by atoms with van der Waals surface area (Å²) < 4.78 is 0. The number of fused-ring (bicyclic) bond motifs is 1. The van der Waals surface area contributed by atoms with Gasteiger partial charge in [-0.1, -0.05) is 13.0 Å². The normalized spacial score (nSPS) is 13.6. The standard InChI is InChI=1S/C20H21N5O2/c1-3-17(26)23-19-14-8-9-16(22-18(14)24-25-19)15-10-12(5-4-11(15)2)20(27)21-13-6-7-13/h4-5,8-10,13H,3,6-7H2,1-2H3,(H,21,27)(H2,22,23,24,25,26). The Labute approximate surface area is 156 Å². The molecule has 3 N–H and O–H groups in total. The number of amides is 2. The predicted molar refractivity (Wildman–Crippen MR) is 103 cm³/mol. The topological polar surface area (TPSA) is 99.8 Å². The molecule has 0 spiro atoms. The number of nitrogens with one attached hydrogen (secondary N) is 3. The van der Waals surface area contributed by atoms with Gasteiger partial charge in [0.25, 0.3) is 5.91 Å². The van der Waals surface area contributed by atoms with Gasteiger partial charge in [-0.25, -0.2) is 4.98 Å². The summed E-state index contributed by atoms with van der Waals surface area (Å²) in [6.07, 6.45) is 2.49. The summed E-state index contributed by atoms with van der Waals surface area (Å²) in [5, 5.41) is 13.5. The van der Waals surface area contributed by atoms with Gasteiger partial charge in [-0.15, -0.1) is 0 Å². The molecular weight excluding hydrogens is 342 g/mol. The van der Waals surface area contributed by atoms with Crippen LogP contribution in [0.15, 0.2) is 30.3 Å². The number of rotatable bonds is 5. The summed E-state index contributed by atoms with van der Waals surface area (Å²) >= 11 is 0. The second-order valence-electron chi connectivity index (χ2n) is 6.84. The van der Waals surface area contributed by atoms with E-state index in [1.807, 2.05) is 37.3 Å². The van der Waals surface area contributed by atoms with Crippen molar-refractivity contribution in [3.63, 3.8) is 0 Å². The predicted octanol–water partition coefficient (Wildman–Crippen LogP) is 3.17. The number of aromatic nitrogens is 3. The van der Waals surface area contributed by atoms with E-state index in [-0.39, 0.29) is 11.8 Å². The minimum Gasteiger partial charge on any atom is -0.349 e. The molecule has 138 valence electrons. The van der Waals surface area contributed by atoms with E-state index in [9.17, 15) is 9.59 Å². The first-order valence-electron chi connectivity index (χ1n) is 9.12. The molecule has 0 bridgehead atoms. The maximum absolute atomic E-state index is 12.3. The quantitative estimate of drug-likeness (QED) is 0.648. The maximum Gasteiger partial charge on any atom is 0.251 e. The largest absolute Gasteiger partial charge is 0.349 e. The fraction of sp³-hybridized carbons (Fsp3) is 0.300. The monoisotopic (exact) mass is 363 g/mol. The summed E-state index contributed by atoms with van der Waals surface area (Å²) in [6, 6.07) is 9.72. The molecule has 0 atom stereocenters. The Morgan fingerprint density at radius 2 is 2.04 bits per heavy atom. The van der Waals surface area contributed by atoms with Crippen LogP contribution in [0.4, 0.5) is 5.82 Å². The van der Waals surface area contributed by atoms with Crippen LogP contribution in [0.5, 0.6) is 0 Å². The minimum atomic E-state index is -0.0994. The summed E-state index contributed by atoms with van der Waals surface area (Å²) in [5.74, 6) is 0.328. The van der Waals surface area contributed by atoms with Gasteiger partial charge in [0, 0.05) is 23.6 Å². The third kappa shape index (κ3) is 3.53. The summed E-state index contributed by atoms with van der Waals surface area (Å²) in [7, 11) is 0. The van der Waals surface area contributed by atoms with E-state index >= 15 is 0 Å². The highest BCUT2D eigenvalue weighted by atomic mass is 16.2. The van der Waals surface area contributed by atoms with Crippen LogP contribution in [0.2, 0.25) is 0 Å². The Kier molecular flexibility index (Phi) is 4.35. The average molecular weight is 363 g/mol. The van der Waals surface area contributed by atoms with Crippen LogP contribution in [0.3, 0.4) is 0 Å². The van der Waals surface area contributed by atoms with E-state index in [2.05, 4.69) is 25.8 Å². The fourth-order valence-corrected chi connectivity index (χ4v) is 2.91. The van der Waals surface area contributed by atoms with Crippen LogP contribution in [0.1, 0.15) is 42.1 Å². The van der Waals surface area contributed by atoms with Gasteiger partial charge < -0.3 is 10.6 Å². The van der Waals surface area contributed by atoms with Gasteiger partial charge in [0.1, 0.15) is 0 Å². The van der Waals surface area contributed by atoms with Crippen LogP contribution < -0.4 is 10.6 Å². The number of carbonyl (C=O) groups excluding carboxylic acids is 2. The molecule has 0 unspecified atom stereocenters. The number of benzene rings is 1. The van der Waals surface area contributed by atoms with Crippen molar-refractivity contribution in [2.45, 2.75) is 39.2 Å². The summed E-state index contributed by atoms with van der Waals surface area (Å²) in [6.45, 7) is 3.78. The molecule has 3 aromatic rings. The van der Waals surface area contributed by atoms with Crippen molar-refractivity contribution >= 4 is 28.7 Å². The molecular formula is C20H21N5O2. The summed E-state index contributed by atoms with van der Waals surface area (Å²) in [5.41, 5.74) is 3.90. The van der Waals surface area contributed by atoms with Gasteiger partial charge in [-0.05, 0) is 49.6 Å². The second kappa shape index (κ2) is 6.83. The number of aromatic amines is 1. The van der Waals surface area contributed by atoms with E-state index in [1.165, 1.54) is 0 Å². The zero-order chi connectivity index (χ0) is 19.0. The zero-order valence-electron chi connectivity index (χ0n) is 15.3. The maximum atomic E-state index is 12.3. The Morgan fingerprint density at radius 3 is 2.78 bits per heavy atom. The number of hydrogen-bond acceptors (Lipinski definition) is 4. The van der Waals surface area contributed by atoms with Crippen LogP contribution in [-0.2, 0) is 4.79 Å². The number of nitrogens with zero attached hydrogens (tertiary/aromatic N) is 2. The number of H-pyrrole nitrogens is 1. The van der Waals surface area contributed by atoms with E-state index in [0.717, 1.165) is 35.0 Å². The fourth-order valence-electron chi connectivity index (χ4n) is 2.91. The van der Waals surface area contributed by atoms with E-state index in [4.69, 9.17) is 0 Å². The Balaban J connectivity index is 1.67. The average Bonchev–Trinajstić information content (AvgIpc) is 3.40. The Bertz CT molecular complexity index is 1040. The smallest absolute Gasteiger partial charge is 0.251 e. The number of hydrogen-bond donors (Lipinski definition) is 3. The van der Waals surface area contributed by atoms with Crippen molar-refractivity contribution in [2.75, 3.05) is 5.32 Å². The van der Waals surface area contributed by atoms with Crippen molar-refractivity contribution in [3.8, 4) is 11.3 Å². The van der Waals surface area contributed by atoms with Gasteiger partial charge in [0.15, 0.2) is 11.5 Å². The van der Waals surface area contributed by atoms with Gasteiger partial charge in [0.05, 0.1) is 11.1 Å². The lowest BCUT2D eigenvalue weighted by Crippen LogP contribution is -2.25. The van der Waals surface area contributed by atoms with Gasteiger partial charge in [-0.3, -0.25) is 14.7 Å². The van der Waals surface area contributed by atoms with Gasteiger partial charge >= 0.3 is 0 Å². The van der Waals surface area contributed by atoms with E-state index < -0.39 is 0 Å². The van der Waals surface area contributed by atoms with Crippen molar-refractivity contribution in [1.82, 2.24) is 20.5 Å². The molecule has 1 aliphatic rings. The van der Waals surface area contributed by atoms with Gasteiger partial charge in [0.2, 0.25) is 5.91 Å².